The Balaban J connectivity index is 2.28. The van der Waals surface area contributed by atoms with E-state index in [9.17, 15) is 9.59 Å². The van der Waals surface area contributed by atoms with E-state index in [0.29, 0.717) is 5.82 Å². The molecule has 1 radical (unpaired) electrons. The number of pyridine rings is 1. The fraction of sp³-hybridized carbons (Fsp3) is 0.273. The maximum absolute atomic E-state index is 11.4. The summed E-state index contributed by atoms with van der Waals surface area (Å²) in [5.41, 5.74) is 10.1. The molecular formula is C11H15N4O2. The number of primary amides is 1. The van der Waals surface area contributed by atoms with E-state index < -0.39 is 5.91 Å². The summed E-state index contributed by atoms with van der Waals surface area (Å²) >= 11 is 0. The van der Waals surface area contributed by atoms with Crippen molar-refractivity contribution >= 4 is 17.6 Å². The van der Waals surface area contributed by atoms with Crippen LogP contribution in [0.15, 0.2) is 24.4 Å². The average Bonchev–Trinajstić information content (AvgIpc) is 2.26. The van der Waals surface area contributed by atoms with Crippen LogP contribution in [0.4, 0.5) is 5.82 Å². The van der Waals surface area contributed by atoms with E-state index in [1.165, 1.54) is 6.42 Å². The van der Waals surface area contributed by atoms with E-state index in [1.807, 2.05) is 0 Å². The highest BCUT2D eigenvalue weighted by Crippen LogP contribution is 2.05. The Labute approximate surface area is 99.6 Å². The molecule has 1 aromatic rings. The van der Waals surface area contributed by atoms with Crippen LogP contribution in [0, 0.1) is 12.3 Å². The first-order valence-electron chi connectivity index (χ1n) is 5.18. The van der Waals surface area contributed by atoms with E-state index >= 15 is 0 Å². The van der Waals surface area contributed by atoms with E-state index in [0.717, 1.165) is 0 Å². The number of hydrazine groups is 1. The van der Waals surface area contributed by atoms with Crippen LogP contribution < -0.4 is 16.6 Å². The van der Waals surface area contributed by atoms with Crippen molar-refractivity contribution in [1.29, 1.82) is 0 Å². The van der Waals surface area contributed by atoms with Crippen LogP contribution in [-0.4, -0.2) is 16.8 Å². The van der Waals surface area contributed by atoms with Crippen molar-refractivity contribution in [2.75, 3.05) is 5.43 Å². The Hall–Kier alpha value is -2.11. The molecule has 2 amide bonds. The Bertz CT molecular complexity index is 380. The second-order valence-corrected chi connectivity index (χ2v) is 3.64. The normalized spacial score (nSPS) is 11.6. The highest BCUT2D eigenvalue weighted by Gasteiger charge is 2.11. The highest BCUT2D eigenvalue weighted by molar-refractivity contribution is 5.86. The fourth-order valence-electron chi connectivity index (χ4n) is 1.24. The second-order valence-electron chi connectivity index (χ2n) is 3.64. The van der Waals surface area contributed by atoms with Gasteiger partial charge in [0, 0.05) is 12.6 Å². The molecule has 1 heterocycles. The maximum Gasteiger partial charge on any atom is 0.242 e. The smallest absolute Gasteiger partial charge is 0.242 e. The monoisotopic (exact) mass is 235 g/mol. The number of nitrogens with zero attached hydrogens (tertiary/aromatic N) is 1. The van der Waals surface area contributed by atoms with Gasteiger partial charge in [0.1, 0.15) is 5.82 Å². The number of aromatic nitrogens is 1. The molecule has 0 unspecified atom stereocenters. The van der Waals surface area contributed by atoms with Gasteiger partial charge in [0.25, 0.3) is 0 Å². The Morgan fingerprint density at radius 2 is 2.29 bits per heavy atom. The minimum Gasteiger partial charge on any atom is -0.370 e. The van der Waals surface area contributed by atoms with Crippen LogP contribution in [-0.2, 0) is 9.59 Å². The third-order valence-corrected chi connectivity index (χ3v) is 1.94. The Kier molecular flexibility index (Phi) is 4.93. The largest absolute Gasteiger partial charge is 0.370 e. The molecule has 0 spiro atoms. The summed E-state index contributed by atoms with van der Waals surface area (Å²) in [7, 11) is 0. The summed E-state index contributed by atoms with van der Waals surface area (Å²) < 4.78 is 0. The number of carbonyl (C=O) groups is 2. The molecule has 6 heteroatoms. The molecule has 0 aromatic carbocycles. The molecular weight excluding hydrogens is 220 g/mol. The number of nitrogens with two attached hydrogens (primary N) is 1. The number of amides is 2. The molecule has 0 saturated heterocycles. The Morgan fingerprint density at radius 1 is 1.53 bits per heavy atom. The van der Waals surface area contributed by atoms with Gasteiger partial charge in [-0.05, 0) is 18.1 Å². The average molecular weight is 235 g/mol. The van der Waals surface area contributed by atoms with Crippen molar-refractivity contribution in [1.82, 2.24) is 10.4 Å². The molecule has 0 fully saturated rings. The molecule has 0 aliphatic rings. The van der Waals surface area contributed by atoms with Crippen LogP contribution in [0.3, 0.4) is 0 Å². The Morgan fingerprint density at radius 3 is 2.88 bits per heavy atom. The van der Waals surface area contributed by atoms with Gasteiger partial charge in [-0.1, -0.05) is 13.0 Å². The fourth-order valence-corrected chi connectivity index (χ4v) is 1.24. The third-order valence-electron chi connectivity index (χ3n) is 1.94. The minimum atomic E-state index is -0.431. The minimum absolute atomic E-state index is 0.150. The van der Waals surface area contributed by atoms with E-state index in [4.69, 9.17) is 5.73 Å². The van der Waals surface area contributed by atoms with Gasteiger partial charge in [0.2, 0.25) is 11.8 Å². The van der Waals surface area contributed by atoms with Crippen LogP contribution in [0.1, 0.15) is 13.3 Å². The van der Waals surface area contributed by atoms with E-state index in [2.05, 4.69) is 15.8 Å². The first-order chi connectivity index (χ1) is 8.08. The molecule has 0 aliphatic carbocycles. The van der Waals surface area contributed by atoms with E-state index in [-0.39, 0.29) is 18.2 Å². The lowest BCUT2D eigenvalue weighted by atomic mass is 10.0. The molecule has 1 aromatic heterocycles. The zero-order valence-electron chi connectivity index (χ0n) is 9.51. The van der Waals surface area contributed by atoms with Gasteiger partial charge >= 0.3 is 0 Å². The number of anilines is 1. The summed E-state index contributed by atoms with van der Waals surface area (Å²) in [5, 5.41) is 0. The zero-order chi connectivity index (χ0) is 12.7. The van der Waals surface area contributed by atoms with Crippen LogP contribution in [0.5, 0.6) is 0 Å². The summed E-state index contributed by atoms with van der Waals surface area (Å²) in [6, 6.07) is 5.28. The molecule has 0 bridgehead atoms. The van der Waals surface area contributed by atoms with Gasteiger partial charge in [0.05, 0.1) is 6.42 Å². The molecule has 4 N–H and O–H groups in total. The lowest BCUT2D eigenvalue weighted by molar-refractivity contribution is -0.119. The first-order valence-corrected chi connectivity index (χ1v) is 5.18. The van der Waals surface area contributed by atoms with Gasteiger partial charge < -0.3 is 5.73 Å². The third kappa shape index (κ3) is 5.50. The quantitative estimate of drug-likeness (QED) is 0.615. The van der Waals surface area contributed by atoms with Crippen LogP contribution >= 0.6 is 0 Å². The molecule has 6 nitrogen and oxygen atoms in total. The zero-order valence-corrected chi connectivity index (χ0v) is 9.51. The van der Waals surface area contributed by atoms with Crippen LogP contribution in [0.25, 0.3) is 0 Å². The van der Waals surface area contributed by atoms with Gasteiger partial charge in [-0.2, -0.15) is 0 Å². The lowest BCUT2D eigenvalue weighted by Crippen LogP contribution is -2.32. The van der Waals surface area contributed by atoms with Crippen molar-refractivity contribution in [2.24, 2.45) is 11.7 Å². The van der Waals surface area contributed by atoms with Crippen molar-refractivity contribution in [2.45, 2.75) is 13.3 Å². The number of hydrogen-bond acceptors (Lipinski definition) is 4. The van der Waals surface area contributed by atoms with Crippen molar-refractivity contribution in [3.8, 4) is 0 Å². The predicted molar refractivity (Wildman–Crippen MR) is 63.3 cm³/mol. The summed E-state index contributed by atoms with van der Waals surface area (Å²) in [4.78, 5) is 26.0. The molecule has 91 valence electrons. The van der Waals surface area contributed by atoms with Crippen LogP contribution in [0.2, 0.25) is 0 Å². The SMILES string of the molecule is C[C@@H]([CH]C(=O)NNc1ccccn1)CC(N)=O. The van der Waals surface area contributed by atoms with E-state index in [1.54, 1.807) is 31.3 Å². The standard InChI is InChI=1S/C11H15N4O2/c1-8(6-9(12)16)7-11(17)15-14-10-4-2-3-5-13-10/h2-5,7-8H,6H2,1H3,(H2,12,16)(H,13,14)(H,15,17)/t8-/m1/s1. The highest BCUT2D eigenvalue weighted by atomic mass is 16.2. The van der Waals surface area contributed by atoms with Gasteiger partial charge in [-0.25, -0.2) is 4.98 Å². The molecule has 0 aliphatic heterocycles. The molecule has 1 rings (SSSR count). The number of rotatable bonds is 6. The molecule has 0 saturated carbocycles. The topological polar surface area (TPSA) is 97.1 Å². The molecule has 17 heavy (non-hydrogen) atoms. The van der Waals surface area contributed by atoms with Crippen molar-refractivity contribution in [3.63, 3.8) is 0 Å². The summed E-state index contributed by atoms with van der Waals surface area (Å²) in [5.74, 6) is -0.418. The number of carbonyl (C=O) groups excluding carboxylic acids is 2. The first kappa shape index (κ1) is 13.0. The maximum atomic E-state index is 11.4. The van der Waals surface area contributed by atoms with Crippen molar-refractivity contribution in [3.05, 3.63) is 30.8 Å². The number of hydrogen-bond donors (Lipinski definition) is 3. The summed E-state index contributed by atoms with van der Waals surface area (Å²) in [6.45, 7) is 1.74. The van der Waals surface area contributed by atoms with Gasteiger partial charge in [-0.3, -0.25) is 20.4 Å². The summed E-state index contributed by atoms with van der Waals surface area (Å²) in [6.07, 6.45) is 3.14. The van der Waals surface area contributed by atoms with Gasteiger partial charge in [-0.15, -0.1) is 0 Å². The second kappa shape index (κ2) is 6.47. The van der Waals surface area contributed by atoms with Crippen molar-refractivity contribution < 1.29 is 9.59 Å². The predicted octanol–water partition coefficient (Wildman–Crippen LogP) is 0.240. The lowest BCUT2D eigenvalue weighted by Gasteiger charge is -2.10. The number of nitrogens with one attached hydrogen (secondary N) is 2. The molecule has 1 atom stereocenters. The van der Waals surface area contributed by atoms with Gasteiger partial charge in [0.15, 0.2) is 0 Å².